The minimum Gasteiger partial charge on any atom is -0.339 e. The summed E-state index contributed by atoms with van der Waals surface area (Å²) in [7, 11) is 1.65. The third-order valence-corrected chi connectivity index (χ3v) is 5.65. The van der Waals surface area contributed by atoms with Crippen molar-refractivity contribution in [2.24, 2.45) is 5.92 Å². The number of amides is 4. The van der Waals surface area contributed by atoms with Gasteiger partial charge in [0.2, 0.25) is 5.91 Å². The molecule has 2 heterocycles. The topological polar surface area (TPSA) is 69.7 Å². The number of rotatable bonds is 5. The number of hydrogen-bond donors (Lipinski definition) is 1. The Labute approximate surface area is 143 Å². The second kappa shape index (κ2) is 5.79. The summed E-state index contributed by atoms with van der Waals surface area (Å²) in [6.07, 6.45) is 1.87. The van der Waals surface area contributed by atoms with Gasteiger partial charge in [0.15, 0.2) is 0 Å². The van der Waals surface area contributed by atoms with Crippen LogP contribution in [-0.4, -0.2) is 46.8 Å². The van der Waals surface area contributed by atoms with E-state index in [1.165, 1.54) is 16.2 Å². The summed E-state index contributed by atoms with van der Waals surface area (Å²) in [4.78, 5) is 40.3. The van der Waals surface area contributed by atoms with Crippen LogP contribution in [0.4, 0.5) is 4.79 Å². The number of imide groups is 1. The molecular formula is C15H18ClN3O3S. The molecule has 8 heteroatoms. The van der Waals surface area contributed by atoms with Crippen molar-refractivity contribution in [1.29, 1.82) is 0 Å². The van der Waals surface area contributed by atoms with Gasteiger partial charge in [0, 0.05) is 11.9 Å². The lowest BCUT2D eigenvalue weighted by Crippen LogP contribution is -2.47. The Morgan fingerprint density at radius 2 is 2.17 bits per heavy atom. The van der Waals surface area contributed by atoms with Crippen LogP contribution in [0, 0.1) is 5.92 Å². The zero-order chi connectivity index (χ0) is 16.8. The van der Waals surface area contributed by atoms with Crippen molar-refractivity contribution in [3.8, 4) is 0 Å². The molecule has 1 saturated carbocycles. The summed E-state index contributed by atoms with van der Waals surface area (Å²) in [6, 6.07) is 3.15. The molecule has 2 fully saturated rings. The second-order valence-electron chi connectivity index (χ2n) is 6.25. The molecule has 0 radical (unpaired) electrons. The predicted octanol–water partition coefficient (Wildman–Crippen LogP) is 2.08. The Balaban J connectivity index is 1.63. The van der Waals surface area contributed by atoms with Gasteiger partial charge in [-0.2, -0.15) is 0 Å². The number of halogens is 1. The van der Waals surface area contributed by atoms with E-state index in [0.29, 0.717) is 10.9 Å². The van der Waals surface area contributed by atoms with Crippen LogP contribution >= 0.6 is 22.9 Å². The van der Waals surface area contributed by atoms with E-state index in [1.807, 2.05) is 6.07 Å². The molecule has 0 bridgehead atoms. The SMILES string of the molecule is CN(Cc1ccc(Cl)s1)C(=O)CN1C(=O)N[C@](C)(C2CC2)C1=O. The molecule has 0 aromatic carbocycles. The molecule has 1 aliphatic carbocycles. The Morgan fingerprint density at radius 1 is 1.48 bits per heavy atom. The second-order valence-corrected chi connectivity index (χ2v) is 8.05. The Hall–Kier alpha value is -1.60. The van der Waals surface area contributed by atoms with Gasteiger partial charge in [0.05, 0.1) is 10.9 Å². The largest absolute Gasteiger partial charge is 0.339 e. The first-order valence-electron chi connectivity index (χ1n) is 7.43. The molecule has 4 amide bonds. The standard InChI is InChI=1S/C15H18ClN3O3S/c1-15(9-3-4-9)13(21)19(14(22)17-15)8-12(20)18(2)7-10-5-6-11(16)23-10/h5-6,9H,3-4,7-8H2,1-2H3,(H,17,22)/t15-/m1/s1. The molecule has 124 valence electrons. The first kappa shape index (κ1) is 16.3. The van der Waals surface area contributed by atoms with Gasteiger partial charge in [-0.1, -0.05) is 11.6 Å². The maximum Gasteiger partial charge on any atom is 0.325 e. The van der Waals surface area contributed by atoms with Crippen LogP contribution in [0.2, 0.25) is 4.34 Å². The third kappa shape index (κ3) is 3.07. The van der Waals surface area contributed by atoms with Gasteiger partial charge < -0.3 is 10.2 Å². The van der Waals surface area contributed by atoms with Crippen molar-refractivity contribution in [2.75, 3.05) is 13.6 Å². The molecule has 6 nitrogen and oxygen atoms in total. The first-order valence-corrected chi connectivity index (χ1v) is 8.63. The number of urea groups is 1. The van der Waals surface area contributed by atoms with E-state index in [2.05, 4.69) is 5.32 Å². The molecule has 0 unspecified atom stereocenters. The number of thiophene rings is 1. The summed E-state index contributed by atoms with van der Waals surface area (Å²) >= 11 is 7.28. The van der Waals surface area contributed by atoms with E-state index < -0.39 is 11.6 Å². The average molecular weight is 356 g/mol. The van der Waals surface area contributed by atoms with Crippen molar-refractivity contribution >= 4 is 40.8 Å². The molecule has 0 spiro atoms. The number of likely N-dealkylation sites (N-methyl/N-ethyl adjacent to an activating group) is 1. The van der Waals surface area contributed by atoms with Gasteiger partial charge in [-0.3, -0.25) is 14.5 Å². The van der Waals surface area contributed by atoms with Crippen molar-refractivity contribution in [3.05, 3.63) is 21.3 Å². The van der Waals surface area contributed by atoms with E-state index in [9.17, 15) is 14.4 Å². The highest BCUT2D eigenvalue weighted by Gasteiger charge is 2.56. The fourth-order valence-corrected chi connectivity index (χ4v) is 3.95. The van der Waals surface area contributed by atoms with Crippen LogP contribution < -0.4 is 5.32 Å². The van der Waals surface area contributed by atoms with E-state index >= 15 is 0 Å². The fourth-order valence-electron chi connectivity index (χ4n) is 2.81. The smallest absolute Gasteiger partial charge is 0.325 e. The molecule has 1 aliphatic heterocycles. The van der Waals surface area contributed by atoms with E-state index in [0.717, 1.165) is 22.6 Å². The number of nitrogens with one attached hydrogen (secondary N) is 1. The molecule has 2 aliphatic rings. The molecule has 3 rings (SSSR count). The summed E-state index contributed by atoms with van der Waals surface area (Å²) in [6.45, 7) is 1.91. The predicted molar refractivity (Wildman–Crippen MR) is 87.2 cm³/mol. The van der Waals surface area contributed by atoms with E-state index in [1.54, 1.807) is 20.0 Å². The van der Waals surface area contributed by atoms with Crippen molar-refractivity contribution in [3.63, 3.8) is 0 Å². The maximum atomic E-state index is 12.5. The summed E-state index contributed by atoms with van der Waals surface area (Å²) in [5.41, 5.74) is -0.850. The Bertz CT molecular complexity index is 673. The molecular weight excluding hydrogens is 338 g/mol. The monoisotopic (exact) mass is 355 g/mol. The van der Waals surface area contributed by atoms with E-state index in [4.69, 9.17) is 11.6 Å². The maximum absolute atomic E-state index is 12.5. The number of carbonyl (C=O) groups is 3. The Morgan fingerprint density at radius 3 is 2.74 bits per heavy atom. The molecule has 1 atom stereocenters. The van der Waals surface area contributed by atoms with Gasteiger partial charge in [-0.15, -0.1) is 11.3 Å². The van der Waals surface area contributed by atoms with Crippen LogP contribution in [-0.2, 0) is 16.1 Å². The van der Waals surface area contributed by atoms with Crippen LogP contribution in [0.15, 0.2) is 12.1 Å². The highest BCUT2D eigenvalue weighted by Crippen LogP contribution is 2.42. The Kier molecular flexibility index (Phi) is 4.10. The number of carbonyl (C=O) groups excluding carboxylic acids is 3. The van der Waals surface area contributed by atoms with Crippen molar-refractivity contribution in [1.82, 2.24) is 15.1 Å². The van der Waals surface area contributed by atoms with Gasteiger partial charge in [-0.25, -0.2) is 4.79 Å². The lowest BCUT2D eigenvalue weighted by Gasteiger charge is -2.22. The summed E-state index contributed by atoms with van der Waals surface area (Å²) in [5.74, 6) is -0.394. The molecule has 23 heavy (non-hydrogen) atoms. The molecule has 1 aromatic rings. The molecule has 1 N–H and O–H groups in total. The minimum absolute atomic E-state index is 0.185. The van der Waals surface area contributed by atoms with Crippen LogP contribution in [0.25, 0.3) is 0 Å². The summed E-state index contributed by atoms with van der Waals surface area (Å²) < 4.78 is 0.662. The highest BCUT2D eigenvalue weighted by molar-refractivity contribution is 7.16. The van der Waals surface area contributed by atoms with Gasteiger partial charge in [-0.05, 0) is 37.8 Å². The highest BCUT2D eigenvalue weighted by atomic mass is 35.5. The quantitative estimate of drug-likeness (QED) is 0.822. The molecule has 1 aromatic heterocycles. The number of nitrogens with zero attached hydrogens (tertiary/aromatic N) is 2. The summed E-state index contributed by atoms with van der Waals surface area (Å²) in [5, 5.41) is 2.74. The lowest BCUT2D eigenvalue weighted by atomic mass is 9.96. The van der Waals surface area contributed by atoms with Crippen molar-refractivity contribution < 1.29 is 14.4 Å². The lowest BCUT2D eigenvalue weighted by molar-refractivity contribution is -0.138. The van der Waals surface area contributed by atoms with Gasteiger partial charge in [0.25, 0.3) is 5.91 Å². The van der Waals surface area contributed by atoms with Crippen molar-refractivity contribution in [2.45, 2.75) is 31.8 Å². The van der Waals surface area contributed by atoms with Gasteiger partial charge >= 0.3 is 6.03 Å². The fraction of sp³-hybridized carbons (Fsp3) is 0.533. The van der Waals surface area contributed by atoms with Gasteiger partial charge in [0.1, 0.15) is 12.1 Å². The number of hydrogen-bond acceptors (Lipinski definition) is 4. The van der Waals surface area contributed by atoms with Crippen LogP contribution in [0.5, 0.6) is 0 Å². The third-order valence-electron chi connectivity index (χ3n) is 4.44. The zero-order valence-electron chi connectivity index (χ0n) is 13.0. The normalized spacial score (nSPS) is 24.0. The zero-order valence-corrected chi connectivity index (χ0v) is 14.5. The average Bonchev–Trinajstić information content (AvgIpc) is 3.23. The minimum atomic E-state index is -0.850. The first-order chi connectivity index (χ1) is 10.8. The molecule has 1 saturated heterocycles. The van der Waals surface area contributed by atoms with Crippen LogP contribution in [0.1, 0.15) is 24.6 Å². The van der Waals surface area contributed by atoms with Crippen LogP contribution in [0.3, 0.4) is 0 Å². The van der Waals surface area contributed by atoms with E-state index in [-0.39, 0.29) is 24.3 Å².